The highest BCUT2D eigenvalue weighted by molar-refractivity contribution is 7.80. The molecule has 0 aliphatic heterocycles. The number of anilines is 2. The van der Waals surface area contributed by atoms with Crippen molar-refractivity contribution < 1.29 is 37.4 Å². The van der Waals surface area contributed by atoms with E-state index in [4.69, 9.17) is 26.4 Å². The Morgan fingerprint density at radius 3 is 2.05 bits per heavy atom. The highest BCUT2D eigenvalue weighted by atomic mass is 32.1. The van der Waals surface area contributed by atoms with Crippen molar-refractivity contribution in [2.45, 2.75) is 59.2 Å². The topological polar surface area (TPSA) is 132 Å². The van der Waals surface area contributed by atoms with Gasteiger partial charge in [-0.05, 0) is 83.6 Å². The lowest BCUT2D eigenvalue weighted by Gasteiger charge is -2.28. The second kappa shape index (κ2) is 13.5. The maximum Gasteiger partial charge on any atom is 0.425 e. The van der Waals surface area contributed by atoms with Crippen LogP contribution in [0.25, 0.3) is 0 Å². The van der Waals surface area contributed by atoms with Gasteiger partial charge >= 0.3 is 12.2 Å². The summed E-state index contributed by atoms with van der Waals surface area (Å²) in [6.45, 7) is 9.77. The Bertz CT molecular complexity index is 1480. The van der Waals surface area contributed by atoms with Crippen LogP contribution in [-0.2, 0) is 20.7 Å². The molecular formula is C29H31F2N5O6S. The van der Waals surface area contributed by atoms with Crippen LogP contribution in [0.2, 0.25) is 0 Å². The minimum absolute atomic E-state index is 0.0383. The zero-order chi connectivity index (χ0) is 31.9. The van der Waals surface area contributed by atoms with Crippen molar-refractivity contribution in [3.63, 3.8) is 0 Å². The summed E-state index contributed by atoms with van der Waals surface area (Å²) in [6, 6.07) is 10.4. The quantitative estimate of drug-likeness (QED) is 0.305. The molecule has 0 aliphatic rings. The fraction of sp³-hybridized carbons (Fsp3) is 0.310. The predicted octanol–water partition coefficient (Wildman–Crippen LogP) is 6.28. The van der Waals surface area contributed by atoms with Gasteiger partial charge in [0, 0.05) is 17.8 Å². The summed E-state index contributed by atoms with van der Waals surface area (Å²) in [5, 5.41) is 5.08. The third-order valence-corrected chi connectivity index (χ3v) is 5.15. The molecule has 0 spiro atoms. The predicted molar refractivity (Wildman–Crippen MR) is 158 cm³/mol. The molecule has 1 aromatic heterocycles. The summed E-state index contributed by atoms with van der Waals surface area (Å²) in [7, 11) is 0. The molecule has 2 N–H and O–H groups in total. The van der Waals surface area contributed by atoms with Gasteiger partial charge in [-0.15, -0.1) is 0 Å². The Hall–Kier alpha value is -4.72. The lowest BCUT2D eigenvalue weighted by Crippen LogP contribution is -2.44. The van der Waals surface area contributed by atoms with Gasteiger partial charge in [0.1, 0.15) is 23.3 Å². The summed E-state index contributed by atoms with van der Waals surface area (Å²) in [6.07, 6.45) is -1.11. The van der Waals surface area contributed by atoms with Crippen LogP contribution < -0.4 is 20.3 Å². The van der Waals surface area contributed by atoms with Crippen molar-refractivity contribution in [1.29, 1.82) is 0 Å². The fourth-order valence-corrected chi connectivity index (χ4v) is 3.51. The minimum Gasteiger partial charge on any atom is -0.443 e. The van der Waals surface area contributed by atoms with Crippen molar-refractivity contribution in [2.24, 2.45) is 0 Å². The lowest BCUT2D eigenvalue weighted by molar-refractivity contribution is -0.119. The Kier molecular flexibility index (Phi) is 10.3. The molecule has 0 saturated carbocycles. The molecule has 43 heavy (non-hydrogen) atoms. The van der Waals surface area contributed by atoms with E-state index in [1.165, 1.54) is 36.4 Å². The second-order valence-electron chi connectivity index (χ2n) is 11.1. The minimum atomic E-state index is -1.05. The van der Waals surface area contributed by atoms with Gasteiger partial charge in [-0.25, -0.2) is 28.3 Å². The van der Waals surface area contributed by atoms with E-state index in [1.807, 2.05) is 0 Å². The van der Waals surface area contributed by atoms with Crippen molar-refractivity contribution in [1.82, 2.24) is 15.3 Å². The maximum absolute atomic E-state index is 14.9. The number of carbonyl (C=O) groups is 3. The number of hydrogen-bond acceptors (Lipinski definition) is 9. The number of hydrogen-bond donors (Lipinski definition) is 2. The van der Waals surface area contributed by atoms with E-state index in [1.54, 1.807) is 41.5 Å². The highest BCUT2D eigenvalue weighted by Gasteiger charge is 2.34. The van der Waals surface area contributed by atoms with E-state index < -0.39 is 40.9 Å². The second-order valence-corrected chi connectivity index (χ2v) is 11.5. The molecule has 0 unspecified atom stereocenters. The van der Waals surface area contributed by atoms with Crippen LogP contribution in [0.3, 0.4) is 0 Å². The van der Waals surface area contributed by atoms with Gasteiger partial charge in [-0.1, -0.05) is 12.1 Å². The molecular weight excluding hydrogens is 584 g/mol. The van der Waals surface area contributed by atoms with E-state index in [0.29, 0.717) is 10.5 Å². The van der Waals surface area contributed by atoms with E-state index in [2.05, 4.69) is 20.6 Å². The van der Waals surface area contributed by atoms with Gasteiger partial charge in [0.25, 0.3) is 0 Å². The molecule has 0 radical (unpaired) electrons. The molecule has 228 valence electrons. The summed E-state index contributed by atoms with van der Waals surface area (Å²) >= 11 is 5.12. The summed E-state index contributed by atoms with van der Waals surface area (Å²) in [4.78, 5) is 46.5. The molecule has 0 bridgehead atoms. The summed E-state index contributed by atoms with van der Waals surface area (Å²) < 4.78 is 44.2. The van der Waals surface area contributed by atoms with Crippen LogP contribution in [0.5, 0.6) is 11.6 Å². The number of amides is 3. The summed E-state index contributed by atoms with van der Waals surface area (Å²) in [5.41, 5.74) is -1.07. The van der Waals surface area contributed by atoms with Crippen LogP contribution in [0, 0.1) is 11.6 Å². The lowest BCUT2D eigenvalue weighted by atomic mass is 10.1. The Morgan fingerprint density at radius 2 is 1.49 bits per heavy atom. The van der Waals surface area contributed by atoms with E-state index in [9.17, 15) is 23.2 Å². The number of thiocarbonyl (C=S) groups is 1. The molecule has 11 nitrogen and oxygen atoms in total. The van der Waals surface area contributed by atoms with E-state index >= 15 is 0 Å². The average molecular weight is 616 g/mol. The largest absolute Gasteiger partial charge is 0.443 e. The SMILES string of the molecule is CC(C)(C)OC(=O)N(C(=O)OC(C)(C)C)c1cc(Oc2ccc(NC(=S)NC(=O)Cc3ccc(F)cc3)cc2F)ncn1. The van der Waals surface area contributed by atoms with Crippen molar-refractivity contribution in [3.8, 4) is 11.6 Å². The fourth-order valence-electron chi connectivity index (χ4n) is 3.28. The molecule has 0 aliphatic carbocycles. The first-order chi connectivity index (χ1) is 20.0. The Balaban J connectivity index is 1.71. The first-order valence-corrected chi connectivity index (χ1v) is 13.3. The number of nitrogens with one attached hydrogen (secondary N) is 2. The molecule has 3 aromatic rings. The molecule has 3 amide bonds. The van der Waals surface area contributed by atoms with Crippen LogP contribution in [0.4, 0.5) is 29.9 Å². The van der Waals surface area contributed by atoms with E-state index in [0.717, 1.165) is 18.5 Å². The number of halogens is 2. The number of imide groups is 1. The number of benzene rings is 2. The third-order valence-electron chi connectivity index (χ3n) is 4.94. The smallest absolute Gasteiger partial charge is 0.425 e. The van der Waals surface area contributed by atoms with E-state index in [-0.39, 0.29) is 34.7 Å². The van der Waals surface area contributed by atoms with Crippen LogP contribution in [-0.4, -0.2) is 44.4 Å². The van der Waals surface area contributed by atoms with Crippen LogP contribution in [0.15, 0.2) is 54.9 Å². The number of rotatable bonds is 6. The average Bonchev–Trinajstić information content (AvgIpc) is 2.85. The molecule has 14 heteroatoms. The summed E-state index contributed by atoms with van der Waals surface area (Å²) in [5.74, 6) is -2.35. The van der Waals surface area contributed by atoms with Gasteiger partial charge in [0.2, 0.25) is 11.8 Å². The number of aromatic nitrogens is 2. The Morgan fingerprint density at radius 1 is 0.884 bits per heavy atom. The van der Waals surface area contributed by atoms with Crippen molar-refractivity contribution >= 4 is 46.9 Å². The van der Waals surface area contributed by atoms with Crippen LogP contribution in [0.1, 0.15) is 47.1 Å². The van der Waals surface area contributed by atoms with Gasteiger partial charge in [-0.2, -0.15) is 4.90 Å². The van der Waals surface area contributed by atoms with Crippen molar-refractivity contribution in [2.75, 3.05) is 10.2 Å². The molecule has 2 aromatic carbocycles. The number of nitrogens with zero attached hydrogens (tertiary/aromatic N) is 3. The molecule has 0 saturated heterocycles. The highest BCUT2D eigenvalue weighted by Crippen LogP contribution is 2.28. The number of ether oxygens (including phenoxy) is 3. The van der Waals surface area contributed by atoms with Gasteiger partial charge in [0.15, 0.2) is 22.5 Å². The zero-order valence-corrected chi connectivity index (χ0v) is 25.2. The first-order valence-electron chi connectivity index (χ1n) is 12.9. The molecule has 3 rings (SSSR count). The van der Waals surface area contributed by atoms with Gasteiger partial charge in [0.05, 0.1) is 6.42 Å². The normalized spacial score (nSPS) is 11.3. The van der Waals surface area contributed by atoms with Crippen molar-refractivity contribution in [3.05, 3.63) is 72.1 Å². The monoisotopic (exact) mass is 615 g/mol. The molecule has 0 fully saturated rings. The van der Waals surface area contributed by atoms with Gasteiger partial charge < -0.3 is 24.8 Å². The number of carbonyl (C=O) groups excluding carboxylic acids is 3. The standard InChI is InChI=1S/C29H31F2N5O6S/c1-28(2,3)41-26(38)36(27(39)42-29(4,5)6)22-15-24(33-16-32-22)40-21-12-11-19(14-20(21)31)34-25(43)35-23(37)13-17-7-9-18(30)10-8-17/h7-12,14-16H,13H2,1-6H3,(H2,34,35,37,43). The van der Waals surface area contributed by atoms with Crippen LogP contribution >= 0.6 is 12.2 Å². The molecule has 0 atom stereocenters. The Labute approximate surface area is 252 Å². The zero-order valence-electron chi connectivity index (χ0n) is 24.4. The third kappa shape index (κ3) is 10.6. The van der Waals surface area contributed by atoms with Gasteiger partial charge in [-0.3, -0.25) is 4.79 Å². The maximum atomic E-state index is 14.9. The molecule has 1 heterocycles. The first kappa shape index (κ1) is 32.8.